The molecular formula is C17H15F5N4O3. The third-order valence-corrected chi connectivity index (χ3v) is 4.13. The maximum Gasteiger partial charge on any atom is 0.573 e. The molecule has 0 aliphatic carbocycles. The van der Waals surface area contributed by atoms with E-state index in [1.807, 2.05) is 0 Å². The molecular weight excluding hydrogens is 403 g/mol. The maximum atomic E-state index is 13.9. The first kappa shape index (κ1) is 20.9. The molecule has 3 aromatic rings. The molecule has 2 heterocycles. The highest BCUT2D eigenvalue weighted by Crippen LogP contribution is 2.34. The summed E-state index contributed by atoms with van der Waals surface area (Å²) in [5.41, 5.74) is 0.895. The summed E-state index contributed by atoms with van der Waals surface area (Å²) in [5, 5.41) is 7.05. The Hall–Kier alpha value is -2.86. The van der Waals surface area contributed by atoms with Crippen LogP contribution in [0, 0.1) is 0 Å². The lowest BCUT2D eigenvalue weighted by Gasteiger charge is -2.18. The van der Waals surface area contributed by atoms with Gasteiger partial charge in [0.05, 0.1) is 18.0 Å². The van der Waals surface area contributed by atoms with Gasteiger partial charge in [0.25, 0.3) is 0 Å². The second-order valence-corrected chi connectivity index (χ2v) is 5.92. The zero-order chi connectivity index (χ0) is 21.4. The van der Waals surface area contributed by atoms with Gasteiger partial charge >= 0.3 is 12.5 Å². The Morgan fingerprint density at radius 3 is 2.41 bits per heavy atom. The lowest BCUT2D eigenvalue weighted by Crippen LogP contribution is -2.19. The van der Waals surface area contributed by atoms with Crippen LogP contribution in [0.3, 0.4) is 0 Å². The average molecular weight is 418 g/mol. The fourth-order valence-electron chi connectivity index (χ4n) is 2.66. The molecule has 0 unspecified atom stereocenters. The number of nitrogens with zero attached hydrogens (tertiary/aromatic N) is 4. The van der Waals surface area contributed by atoms with Crippen LogP contribution >= 0.6 is 0 Å². The summed E-state index contributed by atoms with van der Waals surface area (Å²) in [7, 11) is 2.19. The van der Waals surface area contributed by atoms with Crippen molar-refractivity contribution >= 4 is 5.65 Å². The van der Waals surface area contributed by atoms with Crippen molar-refractivity contribution in [3.8, 4) is 17.0 Å². The lowest BCUT2D eigenvalue weighted by atomic mass is 10.0. The van der Waals surface area contributed by atoms with Crippen LogP contribution in [0.25, 0.3) is 16.9 Å². The van der Waals surface area contributed by atoms with Crippen LogP contribution in [0.5, 0.6) is 5.75 Å². The number of benzene rings is 1. The Bertz CT molecular complexity index is 1020. The Morgan fingerprint density at radius 2 is 1.79 bits per heavy atom. The van der Waals surface area contributed by atoms with E-state index in [4.69, 9.17) is 4.74 Å². The van der Waals surface area contributed by atoms with Crippen LogP contribution in [0.15, 0.2) is 30.6 Å². The molecule has 0 N–H and O–H groups in total. The highest BCUT2D eigenvalue weighted by atomic mass is 19.4. The van der Waals surface area contributed by atoms with Crippen molar-refractivity contribution in [3.05, 3.63) is 42.0 Å². The number of ether oxygens (including phenoxy) is 3. The van der Waals surface area contributed by atoms with Gasteiger partial charge in [0, 0.05) is 26.0 Å². The molecule has 1 aromatic carbocycles. The van der Waals surface area contributed by atoms with Crippen molar-refractivity contribution in [3.63, 3.8) is 0 Å². The van der Waals surface area contributed by atoms with Crippen LogP contribution in [0.1, 0.15) is 24.4 Å². The van der Waals surface area contributed by atoms with E-state index in [9.17, 15) is 22.0 Å². The van der Waals surface area contributed by atoms with Gasteiger partial charge in [-0.1, -0.05) is 0 Å². The van der Waals surface area contributed by atoms with E-state index in [1.165, 1.54) is 25.6 Å². The molecule has 0 aliphatic rings. The zero-order valence-electron chi connectivity index (χ0n) is 15.4. The summed E-state index contributed by atoms with van der Waals surface area (Å²) in [5.74, 6) is -1.21. The van der Waals surface area contributed by atoms with Crippen LogP contribution in [-0.2, 0) is 15.6 Å². The van der Waals surface area contributed by atoms with Gasteiger partial charge < -0.3 is 14.2 Å². The van der Waals surface area contributed by atoms with Gasteiger partial charge in [-0.25, -0.2) is 0 Å². The largest absolute Gasteiger partial charge is 0.573 e. The van der Waals surface area contributed by atoms with E-state index in [-0.39, 0.29) is 11.3 Å². The maximum absolute atomic E-state index is 13.9. The lowest BCUT2D eigenvalue weighted by molar-refractivity contribution is -0.274. The first-order chi connectivity index (χ1) is 13.6. The molecule has 7 nitrogen and oxygen atoms in total. The van der Waals surface area contributed by atoms with Crippen molar-refractivity contribution in [2.45, 2.75) is 25.5 Å². The van der Waals surface area contributed by atoms with Crippen molar-refractivity contribution < 1.29 is 36.2 Å². The highest BCUT2D eigenvalue weighted by Gasteiger charge is 2.37. The Labute approximate surface area is 161 Å². The number of alkyl halides is 5. The summed E-state index contributed by atoms with van der Waals surface area (Å²) in [6.45, 7) is 1.61. The minimum atomic E-state index is -4.87. The molecule has 29 heavy (non-hydrogen) atoms. The molecule has 0 bridgehead atoms. The van der Waals surface area contributed by atoms with Crippen molar-refractivity contribution in [1.82, 2.24) is 19.6 Å². The number of hydrogen-bond acceptors (Lipinski definition) is 6. The predicted octanol–water partition coefficient (Wildman–Crippen LogP) is 4.09. The first-order valence-corrected chi connectivity index (χ1v) is 8.13. The number of aromatic nitrogens is 4. The van der Waals surface area contributed by atoms with E-state index in [2.05, 4.69) is 24.7 Å². The van der Waals surface area contributed by atoms with Crippen LogP contribution in [0.2, 0.25) is 0 Å². The summed E-state index contributed by atoms with van der Waals surface area (Å²) in [6.07, 6.45) is -6.76. The Balaban J connectivity index is 2.14. The van der Waals surface area contributed by atoms with Crippen molar-refractivity contribution in [2.24, 2.45) is 0 Å². The molecule has 0 aliphatic heterocycles. The van der Waals surface area contributed by atoms with Gasteiger partial charge in [-0.15, -0.1) is 23.4 Å². The van der Waals surface area contributed by atoms with Gasteiger partial charge in [-0.2, -0.15) is 8.78 Å². The quantitative estimate of drug-likeness (QED) is 0.562. The predicted molar refractivity (Wildman–Crippen MR) is 89.2 cm³/mol. The number of methoxy groups -OCH3 is 2. The molecule has 0 spiro atoms. The van der Waals surface area contributed by atoms with Gasteiger partial charge in [0.1, 0.15) is 5.75 Å². The summed E-state index contributed by atoms with van der Waals surface area (Å²) in [4.78, 5) is 4.15. The van der Waals surface area contributed by atoms with Crippen molar-refractivity contribution in [2.75, 3.05) is 14.2 Å². The molecule has 1 atom stereocenters. The van der Waals surface area contributed by atoms with Crippen LogP contribution < -0.4 is 4.74 Å². The highest BCUT2D eigenvalue weighted by molar-refractivity contribution is 5.66. The van der Waals surface area contributed by atoms with Gasteiger partial charge in [-0.05, 0) is 30.7 Å². The molecule has 0 saturated carbocycles. The fourth-order valence-corrected chi connectivity index (χ4v) is 2.66. The minimum Gasteiger partial charge on any atom is -0.406 e. The topological polar surface area (TPSA) is 70.8 Å². The second-order valence-electron chi connectivity index (χ2n) is 5.92. The normalized spacial score (nSPS) is 13.7. The third kappa shape index (κ3) is 4.27. The number of rotatable bonds is 6. The van der Waals surface area contributed by atoms with E-state index in [0.717, 1.165) is 23.6 Å². The number of halogens is 5. The molecule has 0 amide bonds. The van der Waals surface area contributed by atoms with E-state index in [0.29, 0.717) is 11.1 Å². The van der Waals surface area contributed by atoms with E-state index >= 15 is 0 Å². The summed E-state index contributed by atoms with van der Waals surface area (Å²) in [6, 6.07) is 3.58. The van der Waals surface area contributed by atoms with Crippen LogP contribution in [0.4, 0.5) is 22.0 Å². The molecule has 2 aromatic heterocycles. The Kier molecular flexibility index (Phi) is 5.41. The standard InChI is InChI=1S/C17H15F5N4O3/c1-9(27-2)12-6-10(29-17(20,21)22)4-5-11(12)13-8-26-14(7-23-13)24-25-15(26)16(18,19)28-3/h4-9H,1-3H3/t9-/m0/s1. The van der Waals surface area contributed by atoms with Gasteiger partial charge in [0.15, 0.2) is 5.65 Å². The monoisotopic (exact) mass is 418 g/mol. The molecule has 156 valence electrons. The fraction of sp³-hybridized carbons (Fsp3) is 0.353. The first-order valence-electron chi connectivity index (χ1n) is 8.13. The Morgan fingerprint density at radius 1 is 1.07 bits per heavy atom. The third-order valence-electron chi connectivity index (χ3n) is 4.13. The molecule has 3 rings (SSSR count). The summed E-state index contributed by atoms with van der Waals surface area (Å²) >= 11 is 0. The second kappa shape index (κ2) is 7.52. The molecule has 0 fully saturated rings. The molecule has 0 saturated heterocycles. The van der Waals surface area contributed by atoms with E-state index in [1.54, 1.807) is 6.92 Å². The van der Waals surface area contributed by atoms with Gasteiger partial charge in [-0.3, -0.25) is 9.38 Å². The average Bonchev–Trinajstić information content (AvgIpc) is 3.10. The van der Waals surface area contributed by atoms with E-state index < -0.39 is 30.1 Å². The molecule has 12 heteroatoms. The minimum absolute atomic E-state index is 0.0406. The number of hydrogen-bond donors (Lipinski definition) is 0. The van der Waals surface area contributed by atoms with Crippen molar-refractivity contribution in [1.29, 1.82) is 0 Å². The zero-order valence-corrected chi connectivity index (χ0v) is 15.4. The SMILES string of the molecule is CO[C@@H](C)c1cc(OC(F)(F)F)ccc1-c1cn2c(C(F)(F)OC)nnc2cn1. The molecule has 0 radical (unpaired) electrons. The summed E-state index contributed by atoms with van der Waals surface area (Å²) < 4.78 is 79.8. The smallest absolute Gasteiger partial charge is 0.406 e. The van der Waals surface area contributed by atoms with Crippen LogP contribution in [-0.4, -0.2) is 40.2 Å². The number of fused-ring (bicyclic) bond motifs is 1. The van der Waals surface area contributed by atoms with Gasteiger partial charge in [0.2, 0.25) is 5.82 Å².